The van der Waals surface area contributed by atoms with Crippen molar-refractivity contribution in [3.05, 3.63) is 40.7 Å². The lowest BCUT2D eigenvalue weighted by Crippen LogP contribution is -2.12. The van der Waals surface area contributed by atoms with E-state index in [4.69, 9.17) is 11.6 Å². The van der Waals surface area contributed by atoms with Gasteiger partial charge in [0.25, 0.3) is 6.43 Å². The molecule has 0 aliphatic heterocycles. The van der Waals surface area contributed by atoms with E-state index >= 15 is 0 Å². The van der Waals surface area contributed by atoms with E-state index in [2.05, 4.69) is 6.58 Å². The van der Waals surface area contributed by atoms with Gasteiger partial charge in [-0.3, -0.25) is 0 Å². The summed E-state index contributed by atoms with van der Waals surface area (Å²) in [6.07, 6.45) is -8.17. The Balaban J connectivity index is 3.40. The summed E-state index contributed by atoms with van der Waals surface area (Å²) >= 11 is 5.35. The van der Waals surface area contributed by atoms with Crippen molar-refractivity contribution in [2.75, 3.05) is 0 Å². The summed E-state index contributed by atoms with van der Waals surface area (Å²) in [6.45, 7) is 2.63. The third-order valence-corrected chi connectivity index (χ3v) is 2.19. The van der Waals surface area contributed by atoms with Gasteiger partial charge in [0.2, 0.25) is 0 Å². The maximum atomic E-state index is 13.4. The molecule has 94 valence electrons. The molecular weight excluding hydrogens is 270 g/mol. The highest BCUT2D eigenvalue weighted by molar-refractivity contribution is 6.30. The SMILES string of the molecule is C=C(c1cc(Cl)cc(C(F)F)c1F)C(F)(F)F. The minimum Gasteiger partial charge on any atom is -0.206 e. The molecule has 0 aliphatic rings. The van der Waals surface area contributed by atoms with Crippen molar-refractivity contribution >= 4 is 17.2 Å². The molecule has 0 saturated heterocycles. The van der Waals surface area contributed by atoms with Gasteiger partial charge >= 0.3 is 6.18 Å². The summed E-state index contributed by atoms with van der Waals surface area (Å²) in [5, 5.41) is -0.415. The Hall–Kier alpha value is -1.17. The van der Waals surface area contributed by atoms with Crippen LogP contribution in [0.15, 0.2) is 18.7 Å². The van der Waals surface area contributed by atoms with Crippen molar-refractivity contribution < 1.29 is 26.3 Å². The number of rotatable bonds is 2. The van der Waals surface area contributed by atoms with Gasteiger partial charge in [-0.25, -0.2) is 13.2 Å². The monoisotopic (exact) mass is 274 g/mol. The molecule has 7 heteroatoms. The smallest absolute Gasteiger partial charge is 0.206 e. The van der Waals surface area contributed by atoms with Crippen LogP contribution >= 0.6 is 11.6 Å². The zero-order valence-corrected chi connectivity index (χ0v) is 8.84. The summed E-state index contributed by atoms with van der Waals surface area (Å²) in [5.74, 6) is -1.66. The van der Waals surface area contributed by atoms with Crippen LogP contribution < -0.4 is 0 Å². The fraction of sp³-hybridized carbons (Fsp3) is 0.200. The number of hydrogen-bond donors (Lipinski definition) is 0. The Morgan fingerprint density at radius 2 is 1.76 bits per heavy atom. The lowest BCUT2D eigenvalue weighted by Gasteiger charge is -2.13. The van der Waals surface area contributed by atoms with Crippen LogP contribution in [0.5, 0.6) is 0 Å². The van der Waals surface area contributed by atoms with E-state index in [0.717, 1.165) is 0 Å². The van der Waals surface area contributed by atoms with E-state index in [-0.39, 0.29) is 0 Å². The lowest BCUT2D eigenvalue weighted by atomic mass is 10.0. The molecule has 1 aromatic carbocycles. The predicted molar refractivity (Wildman–Crippen MR) is 51.5 cm³/mol. The van der Waals surface area contributed by atoms with E-state index < -0.39 is 40.1 Å². The number of halogens is 7. The van der Waals surface area contributed by atoms with E-state index in [1.54, 1.807) is 0 Å². The van der Waals surface area contributed by atoms with Gasteiger partial charge in [-0.05, 0) is 12.1 Å². The van der Waals surface area contributed by atoms with Gasteiger partial charge in [0.1, 0.15) is 5.82 Å². The summed E-state index contributed by atoms with van der Waals surface area (Å²) < 4.78 is 74.9. The molecule has 17 heavy (non-hydrogen) atoms. The number of alkyl halides is 5. The van der Waals surface area contributed by atoms with Crippen molar-refractivity contribution in [2.45, 2.75) is 12.6 Å². The van der Waals surface area contributed by atoms with E-state index in [1.165, 1.54) is 0 Å². The van der Waals surface area contributed by atoms with Crippen LogP contribution in [0.4, 0.5) is 26.3 Å². The maximum absolute atomic E-state index is 13.4. The fourth-order valence-corrected chi connectivity index (χ4v) is 1.37. The van der Waals surface area contributed by atoms with Crippen LogP contribution in [0.25, 0.3) is 5.57 Å². The van der Waals surface area contributed by atoms with Crippen molar-refractivity contribution in [2.24, 2.45) is 0 Å². The third-order valence-electron chi connectivity index (χ3n) is 1.97. The first-order valence-corrected chi connectivity index (χ1v) is 4.56. The molecule has 0 atom stereocenters. The number of benzene rings is 1. The minimum absolute atomic E-state index is 0.415. The Morgan fingerprint density at radius 1 is 1.24 bits per heavy atom. The molecule has 0 saturated carbocycles. The Bertz CT molecular complexity index is 449. The van der Waals surface area contributed by atoms with Gasteiger partial charge in [0.05, 0.1) is 11.1 Å². The Kier molecular flexibility index (Phi) is 3.76. The fourth-order valence-electron chi connectivity index (χ4n) is 1.14. The molecule has 0 amide bonds. The highest BCUT2D eigenvalue weighted by Gasteiger charge is 2.35. The second-order valence-electron chi connectivity index (χ2n) is 3.13. The molecule has 0 bridgehead atoms. The zero-order valence-electron chi connectivity index (χ0n) is 8.08. The minimum atomic E-state index is -4.91. The topological polar surface area (TPSA) is 0 Å². The quantitative estimate of drug-likeness (QED) is 0.666. The van der Waals surface area contributed by atoms with Gasteiger partial charge in [-0.1, -0.05) is 18.2 Å². The number of allylic oxidation sites excluding steroid dienone is 1. The molecule has 0 unspecified atom stereocenters. The predicted octanol–water partition coefficient (Wildman–Crippen LogP) is 4.99. The molecule has 0 radical (unpaired) electrons. The molecule has 0 heterocycles. The van der Waals surface area contributed by atoms with Crippen LogP contribution in [0.3, 0.4) is 0 Å². The largest absolute Gasteiger partial charge is 0.416 e. The van der Waals surface area contributed by atoms with Gasteiger partial charge in [0, 0.05) is 10.6 Å². The standard InChI is InChI=1S/C10H5ClF6/c1-4(10(15,16)17)6-2-5(11)3-7(8(6)12)9(13)14/h2-3,9H,1H2. The Labute approximate surface area is 97.5 Å². The molecule has 0 N–H and O–H groups in total. The second kappa shape index (κ2) is 4.60. The molecule has 1 rings (SSSR count). The first kappa shape index (κ1) is 13.9. The molecular formula is C10H5ClF6. The highest BCUT2D eigenvalue weighted by atomic mass is 35.5. The van der Waals surface area contributed by atoms with Crippen molar-refractivity contribution in [3.8, 4) is 0 Å². The van der Waals surface area contributed by atoms with Crippen LogP contribution in [0.2, 0.25) is 5.02 Å². The molecule has 0 aliphatic carbocycles. The Morgan fingerprint density at radius 3 is 2.18 bits per heavy atom. The van der Waals surface area contributed by atoms with Gasteiger partial charge in [0.15, 0.2) is 0 Å². The molecule has 1 aromatic rings. The van der Waals surface area contributed by atoms with Crippen LogP contribution in [-0.4, -0.2) is 6.18 Å². The van der Waals surface area contributed by atoms with Gasteiger partial charge < -0.3 is 0 Å². The van der Waals surface area contributed by atoms with E-state index in [0.29, 0.717) is 12.1 Å². The molecule has 0 fully saturated rings. The number of hydrogen-bond acceptors (Lipinski definition) is 0. The third kappa shape index (κ3) is 2.94. The van der Waals surface area contributed by atoms with E-state index in [1.807, 2.05) is 0 Å². The second-order valence-corrected chi connectivity index (χ2v) is 3.57. The van der Waals surface area contributed by atoms with E-state index in [9.17, 15) is 26.3 Å². The lowest BCUT2D eigenvalue weighted by molar-refractivity contribution is -0.0688. The molecule has 0 spiro atoms. The first-order chi connectivity index (χ1) is 7.64. The summed E-state index contributed by atoms with van der Waals surface area (Å²) in [6, 6.07) is 1.19. The van der Waals surface area contributed by atoms with Crippen molar-refractivity contribution in [1.29, 1.82) is 0 Å². The average molecular weight is 275 g/mol. The molecule has 0 nitrogen and oxygen atoms in total. The summed E-state index contributed by atoms with van der Waals surface area (Å²) in [5.41, 5.74) is -3.81. The van der Waals surface area contributed by atoms with Crippen LogP contribution in [0.1, 0.15) is 17.6 Å². The molecule has 0 aromatic heterocycles. The van der Waals surface area contributed by atoms with Gasteiger partial charge in [-0.2, -0.15) is 13.2 Å². The van der Waals surface area contributed by atoms with Gasteiger partial charge in [-0.15, -0.1) is 0 Å². The van der Waals surface area contributed by atoms with Crippen molar-refractivity contribution in [3.63, 3.8) is 0 Å². The normalized spacial score (nSPS) is 12.0. The average Bonchev–Trinajstić information content (AvgIpc) is 2.18. The van der Waals surface area contributed by atoms with Crippen LogP contribution in [0, 0.1) is 5.82 Å². The first-order valence-electron chi connectivity index (χ1n) is 4.18. The maximum Gasteiger partial charge on any atom is 0.416 e. The summed E-state index contributed by atoms with van der Waals surface area (Å²) in [7, 11) is 0. The van der Waals surface area contributed by atoms with Crippen LogP contribution in [-0.2, 0) is 0 Å². The zero-order chi connectivity index (χ0) is 13.4. The van der Waals surface area contributed by atoms with Crippen molar-refractivity contribution in [1.82, 2.24) is 0 Å². The highest BCUT2D eigenvalue weighted by Crippen LogP contribution is 2.37. The summed E-state index contributed by atoms with van der Waals surface area (Å²) in [4.78, 5) is 0.